The van der Waals surface area contributed by atoms with E-state index in [2.05, 4.69) is 32.1 Å². The summed E-state index contributed by atoms with van der Waals surface area (Å²) in [7, 11) is 0. The molecule has 5 heterocycles. The monoisotopic (exact) mass is 354 g/mol. The molecule has 2 aliphatic rings. The Morgan fingerprint density at radius 1 is 0.667 bits per heavy atom. The van der Waals surface area contributed by atoms with Crippen molar-refractivity contribution in [3.8, 4) is 0 Å². The molecule has 132 valence electrons. The number of aromatic amines is 2. The highest BCUT2D eigenvalue weighted by Crippen LogP contribution is 2.19. The molecule has 8 bridgehead atoms. The molecule has 0 atom stereocenters. The molecule has 0 spiro atoms. The fourth-order valence-electron chi connectivity index (χ4n) is 3.41. The third kappa shape index (κ3) is 3.20. The average molecular weight is 354 g/mol. The summed E-state index contributed by atoms with van der Waals surface area (Å²) in [6.45, 7) is 0.109. The second-order valence-corrected chi connectivity index (χ2v) is 6.67. The number of aliphatic hydroxyl groups is 1. The van der Waals surface area contributed by atoms with Crippen molar-refractivity contribution in [3.05, 3.63) is 70.8 Å². The van der Waals surface area contributed by atoms with E-state index in [1.807, 2.05) is 54.6 Å². The van der Waals surface area contributed by atoms with Crippen molar-refractivity contribution in [1.29, 1.82) is 0 Å². The van der Waals surface area contributed by atoms with Crippen molar-refractivity contribution < 1.29 is 5.11 Å². The van der Waals surface area contributed by atoms with Gasteiger partial charge in [0.1, 0.15) is 0 Å². The van der Waals surface area contributed by atoms with Gasteiger partial charge in [-0.25, -0.2) is 9.97 Å². The molecule has 2 aliphatic heterocycles. The first kappa shape index (κ1) is 15.8. The second-order valence-electron chi connectivity index (χ2n) is 6.67. The van der Waals surface area contributed by atoms with Gasteiger partial charge in [0.15, 0.2) is 0 Å². The zero-order valence-corrected chi connectivity index (χ0v) is 14.6. The van der Waals surface area contributed by atoms with Crippen LogP contribution in [-0.4, -0.2) is 31.6 Å². The average Bonchev–Trinajstić information content (AvgIpc) is 3.41. The van der Waals surface area contributed by atoms with Crippen molar-refractivity contribution in [2.24, 2.45) is 0 Å². The molecule has 27 heavy (non-hydrogen) atoms. The SMILES string of the molecule is OCCc1cc2cc3ccc(cc4nc(cc5nc(cc1[nH]2)C=C5)C=C4)[nH]3. The van der Waals surface area contributed by atoms with Gasteiger partial charge in [-0.05, 0) is 78.8 Å². The van der Waals surface area contributed by atoms with Crippen LogP contribution in [0.4, 0.5) is 0 Å². The van der Waals surface area contributed by atoms with E-state index in [0.29, 0.717) is 6.42 Å². The molecule has 0 fully saturated rings. The minimum Gasteiger partial charge on any atom is -0.396 e. The zero-order valence-electron chi connectivity index (χ0n) is 14.6. The van der Waals surface area contributed by atoms with Crippen LogP contribution in [0, 0.1) is 0 Å². The topological polar surface area (TPSA) is 77.6 Å². The van der Waals surface area contributed by atoms with E-state index in [-0.39, 0.29) is 6.61 Å². The van der Waals surface area contributed by atoms with Crippen LogP contribution >= 0.6 is 0 Å². The molecule has 5 heteroatoms. The van der Waals surface area contributed by atoms with E-state index in [1.165, 1.54) is 0 Å². The summed E-state index contributed by atoms with van der Waals surface area (Å²) in [5.41, 5.74) is 8.58. The van der Waals surface area contributed by atoms with E-state index in [1.54, 1.807) is 0 Å². The Balaban J connectivity index is 1.83. The lowest BCUT2D eigenvalue weighted by Gasteiger charge is -1.92. The highest BCUT2D eigenvalue weighted by molar-refractivity contribution is 5.78. The van der Waals surface area contributed by atoms with E-state index in [9.17, 15) is 5.11 Å². The molecule has 0 aromatic carbocycles. The molecule has 0 radical (unpaired) electrons. The third-order valence-corrected chi connectivity index (χ3v) is 4.64. The van der Waals surface area contributed by atoms with Gasteiger partial charge in [-0.2, -0.15) is 0 Å². The molecule has 0 saturated heterocycles. The lowest BCUT2D eigenvalue weighted by Crippen LogP contribution is -1.88. The molecule has 5 nitrogen and oxygen atoms in total. The third-order valence-electron chi connectivity index (χ3n) is 4.64. The Morgan fingerprint density at radius 3 is 2.00 bits per heavy atom. The van der Waals surface area contributed by atoms with E-state index in [0.717, 1.165) is 50.4 Å². The van der Waals surface area contributed by atoms with Gasteiger partial charge in [0.05, 0.1) is 22.8 Å². The lowest BCUT2D eigenvalue weighted by atomic mass is 10.2. The van der Waals surface area contributed by atoms with Crippen molar-refractivity contribution in [1.82, 2.24) is 19.9 Å². The van der Waals surface area contributed by atoms with Crippen molar-refractivity contribution in [2.75, 3.05) is 6.61 Å². The summed E-state index contributed by atoms with van der Waals surface area (Å²) >= 11 is 0. The minimum atomic E-state index is 0.109. The van der Waals surface area contributed by atoms with E-state index >= 15 is 0 Å². The number of nitrogens with one attached hydrogen (secondary N) is 2. The maximum Gasteiger partial charge on any atom is 0.0659 e. The largest absolute Gasteiger partial charge is 0.396 e. The van der Waals surface area contributed by atoms with Gasteiger partial charge in [-0.3, -0.25) is 0 Å². The Bertz CT molecular complexity index is 1240. The standard InChI is InChI=1S/C22H18N4O/c27-8-7-14-9-21-12-19-4-3-17(24-19)10-15-1-2-16(23-15)11-18-5-6-20(25-18)13-22(14)26-21/h1-6,9-13,24,26-27H,7-8H2. The maximum atomic E-state index is 9.40. The summed E-state index contributed by atoms with van der Waals surface area (Å²) < 4.78 is 0. The van der Waals surface area contributed by atoms with Crippen molar-refractivity contribution in [3.63, 3.8) is 0 Å². The summed E-state index contributed by atoms with van der Waals surface area (Å²) in [5, 5.41) is 9.40. The van der Waals surface area contributed by atoms with Gasteiger partial charge < -0.3 is 15.1 Å². The normalized spacial score (nSPS) is 12.6. The van der Waals surface area contributed by atoms with Crippen molar-refractivity contribution >= 4 is 46.4 Å². The molecule has 3 aromatic rings. The summed E-state index contributed by atoms with van der Waals surface area (Å²) in [5.74, 6) is 0. The van der Waals surface area contributed by atoms with Crippen LogP contribution in [0.3, 0.4) is 0 Å². The molecule has 5 rings (SSSR count). The molecule has 0 saturated carbocycles. The first-order valence-electron chi connectivity index (χ1n) is 8.93. The number of H-pyrrole nitrogens is 2. The van der Waals surface area contributed by atoms with Crippen LogP contribution in [0.5, 0.6) is 0 Å². The number of fused-ring (bicyclic) bond motifs is 8. The minimum absolute atomic E-state index is 0.109. The van der Waals surface area contributed by atoms with Crippen molar-refractivity contribution in [2.45, 2.75) is 6.42 Å². The molecule has 3 aromatic heterocycles. The van der Waals surface area contributed by atoms with Crippen LogP contribution in [-0.2, 0) is 6.42 Å². The highest BCUT2D eigenvalue weighted by atomic mass is 16.2. The van der Waals surface area contributed by atoms with E-state index < -0.39 is 0 Å². The molecular formula is C22H18N4O. The number of rotatable bonds is 2. The maximum absolute atomic E-state index is 9.40. The molecular weight excluding hydrogens is 336 g/mol. The van der Waals surface area contributed by atoms with Gasteiger partial charge in [0, 0.05) is 28.7 Å². The van der Waals surface area contributed by atoms with Gasteiger partial charge in [0.2, 0.25) is 0 Å². The van der Waals surface area contributed by atoms with Gasteiger partial charge in [-0.15, -0.1) is 0 Å². The van der Waals surface area contributed by atoms with Crippen LogP contribution in [0.25, 0.3) is 46.4 Å². The van der Waals surface area contributed by atoms with Crippen LogP contribution in [0.2, 0.25) is 0 Å². The number of hydrogen-bond donors (Lipinski definition) is 3. The Kier molecular flexibility index (Phi) is 3.73. The van der Waals surface area contributed by atoms with E-state index in [4.69, 9.17) is 0 Å². The number of aromatic nitrogens is 4. The van der Waals surface area contributed by atoms with Crippen LogP contribution in [0.15, 0.2) is 42.5 Å². The smallest absolute Gasteiger partial charge is 0.0659 e. The predicted octanol–water partition coefficient (Wildman–Crippen LogP) is 4.19. The Hall–Kier alpha value is -3.44. The Morgan fingerprint density at radius 2 is 1.30 bits per heavy atom. The molecule has 0 aliphatic carbocycles. The fourth-order valence-corrected chi connectivity index (χ4v) is 3.41. The number of hydrogen-bond acceptors (Lipinski definition) is 3. The lowest BCUT2D eigenvalue weighted by molar-refractivity contribution is 0.300. The van der Waals surface area contributed by atoms with Crippen LogP contribution in [0.1, 0.15) is 28.3 Å². The number of aliphatic hydroxyl groups excluding tert-OH is 1. The molecule has 0 unspecified atom stereocenters. The molecule has 0 amide bonds. The number of nitrogens with zero attached hydrogens (tertiary/aromatic N) is 2. The van der Waals surface area contributed by atoms with Crippen LogP contribution < -0.4 is 0 Å². The summed E-state index contributed by atoms with van der Waals surface area (Å²) in [4.78, 5) is 16.1. The zero-order chi connectivity index (χ0) is 18.2. The fraction of sp³-hybridized carbons (Fsp3) is 0.0909. The van der Waals surface area contributed by atoms with Gasteiger partial charge >= 0.3 is 0 Å². The quantitative estimate of drug-likeness (QED) is 0.445. The first-order valence-corrected chi connectivity index (χ1v) is 8.93. The van der Waals surface area contributed by atoms with Gasteiger partial charge in [-0.1, -0.05) is 0 Å². The van der Waals surface area contributed by atoms with Gasteiger partial charge in [0.25, 0.3) is 0 Å². The predicted molar refractivity (Wildman–Crippen MR) is 110 cm³/mol. The molecule has 3 N–H and O–H groups in total. The summed E-state index contributed by atoms with van der Waals surface area (Å²) in [6.07, 6.45) is 8.57. The first-order chi connectivity index (χ1) is 13.2. The summed E-state index contributed by atoms with van der Waals surface area (Å²) in [6, 6.07) is 14.2. The Labute approximate surface area is 155 Å². The highest BCUT2D eigenvalue weighted by Gasteiger charge is 2.05. The second kappa shape index (κ2) is 6.37.